The molecule has 1 heterocycles. The third-order valence-electron chi connectivity index (χ3n) is 4.08. The Hall–Kier alpha value is -1.81. The van der Waals surface area contributed by atoms with E-state index in [1.165, 1.54) is 24.5 Å². The molecule has 104 valence electrons. The number of carbonyl (C=O) groups excluding carboxylic acids is 1. The van der Waals surface area contributed by atoms with Gasteiger partial charge in [-0.1, -0.05) is 30.2 Å². The first-order valence-electron chi connectivity index (χ1n) is 6.72. The van der Waals surface area contributed by atoms with Crippen LogP contribution in [-0.2, 0) is 5.41 Å². The summed E-state index contributed by atoms with van der Waals surface area (Å²) in [5.74, 6) is -0.115. The van der Waals surface area contributed by atoms with Gasteiger partial charge in [0.25, 0.3) is 5.91 Å². The summed E-state index contributed by atoms with van der Waals surface area (Å²) < 4.78 is 0. The van der Waals surface area contributed by atoms with Crippen LogP contribution in [0.15, 0.2) is 36.8 Å². The van der Waals surface area contributed by atoms with Crippen molar-refractivity contribution >= 4 is 17.5 Å². The van der Waals surface area contributed by atoms with Gasteiger partial charge in [0, 0.05) is 17.0 Å². The molecule has 20 heavy (non-hydrogen) atoms. The molecule has 4 nitrogen and oxygen atoms in total. The highest BCUT2D eigenvalue weighted by Crippen LogP contribution is 2.43. The van der Waals surface area contributed by atoms with Crippen LogP contribution in [0.25, 0.3) is 0 Å². The molecule has 0 spiro atoms. The Bertz CT molecular complexity index is 605. The highest BCUT2D eigenvalue weighted by atomic mass is 35.5. The van der Waals surface area contributed by atoms with Gasteiger partial charge in [-0.2, -0.15) is 0 Å². The third-order valence-corrected chi connectivity index (χ3v) is 4.31. The zero-order valence-electron chi connectivity index (χ0n) is 11.0. The van der Waals surface area contributed by atoms with E-state index in [0.29, 0.717) is 12.2 Å². The minimum Gasteiger partial charge on any atom is -0.350 e. The summed E-state index contributed by atoms with van der Waals surface area (Å²) >= 11 is 6.08. The first-order chi connectivity index (χ1) is 9.70. The predicted molar refractivity (Wildman–Crippen MR) is 77.9 cm³/mol. The number of carbonyl (C=O) groups is 1. The van der Waals surface area contributed by atoms with E-state index in [1.54, 1.807) is 0 Å². The quantitative estimate of drug-likeness (QED) is 0.909. The van der Waals surface area contributed by atoms with Gasteiger partial charge < -0.3 is 10.3 Å². The fourth-order valence-corrected chi connectivity index (χ4v) is 2.90. The molecule has 1 amide bonds. The Kier molecular flexibility index (Phi) is 3.49. The van der Waals surface area contributed by atoms with Crippen LogP contribution in [0.2, 0.25) is 5.02 Å². The molecular weight excluding hydrogens is 274 g/mol. The lowest BCUT2D eigenvalue weighted by atomic mass is 9.64. The zero-order valence-corrected chi connectivity index (χ0v) is 11.8. The molecule has 2 N–H and O–H groups in total. The number of aromatic amines is 1. The summed E-state index contributed by atoms with van der Waals surface area (Å²) in [4.78, 5) is 18.7. The predicted octanol–water partition coefficient (Wildman–Crippen LogP) is 2.91. The van der Waals surface area contributed by atoms with Gasteiger partial charge in [0.05, 0.1) is 12.5 Å². The molecule has 1 fully saturated rings. The summed E-state index contributed by atoms with van der Waals surface area (Å²) in [6.45, 7) is 0.630. The summed E-state index contributed by atoms with van der Waals surface area (Å²) in [5, 5.41) is 3.74. The summed E-state index contributed by atoms with van der Waals surface area (Å²) in [5.41, 5.74) is 1.73. The maximum absolute atomic E-state index is 12.0. The van der Waals surface area contributed by atoms with Gasteiger partial charge >= 0.3 is 0 Å². The molecule has 1 aromatic carbocycles. The minimum absolute atomic E-state index is 0.0284. The average Bonchev–Trinajstić information content (AvgIpc) is 2.91. The van der Waals surface area contributed by atoms with E-state index in [-0.39, 0.29) is 11.3 Å². The Balaban J connectivity index is 1.72. The molecule has 1 aromatic heterocycles. The number of amides is 1. The number of benzene rings is 1. The van der Waals surface area contributed by atoms with Crippen molar-refractivity contribution in [2.24, 2.45) is 0 Å². The van der Waals surface area contributed by atoms with Gasteiger partial charge in [-0.15, -0.1) is 0 Å². The van der Waals surface area contributed by atoms with Crippen LogP contribution in [0.4, 0.5) is 0 Å². The average molecular weight is 290 g/mol. The molecular formula is C15H16ClN3O. The molecule has 1 aliphatic carbocycles. The number of nitrogens with one attached hydrogen (secondary N) is 2. The SMILES string of the molecule is O=C(NCC1(c2cccc(Cl)c2)CCC1)c1cnc[nH]1. The van der Waals surface area contributed by atoms with Crippen molar-refractivity contribution in [3.8, 4) is 0 Å². The Morgan fingerprint density at radius 1 is 1.45 bits per heavy atom. The van der Waals surface area contributed by atoms with Crippen molar-refractivity contribution in [2.45, 2.75) is 24.7 Å². The van der Waals surface area contributed by atoms with Gasteiger partial charge in [-0.25, -0.2) is 4.98 Å². The molecule has 0 saturated heterocycles. The summed E-state index contributed by atoms with van der Waals surface area (Å²) in [6, 6.07) is 7.94. The van der Waals surface area contributed by atoms with Crippen LogP contribution < -0.4 is 5.32 Å². The first kappa shape index (κ1) is 13.2. The van der Waals surface area contributed by atoms with Gasteiger partial charge in [0.1, 0.15) is 5.69 Å². The Labute approximate surface area is 122 Å². The van der Waals surface area contributed by atoms with Crippen molar-refractivity contribution < 1.29 is 4.79 Å². The molecule has 0 aliphatic heterocycles. The lowest BCUT2D eigenvalue weighted by molar-refractivity contribution is 0.0923. The van der Waals surface area contributed by atoms with Crippen LogP contribution >= 0.6 is 11.6 Å². The number of hydrogen-bond acceptors (Lipinski definition) is 2. The lowest BCUT2D eigenvalue weighted by Crippen LogP contribution is -2.45. The van der Waals surface area contributed by atoms with Crippen molar-refractivity contribution in [3.63, 3.8) is 0 Å². The van der Waals surface area contributed by atoms with Crippen molar-refractivity contribution in [1.82, 2.24) is 15.3 Å². The number of imidazole rings is 1. The molecule has 0 bridgehead atoms. The number of nitrogens with zero attached hydrogens (tertiary/aromatic N) is 1. The molecule has 5 heteroatoms. The van der Waals surface area contributed by atoms with Crippen LogP contribution in [-0.4, -0.2) is 22.4 Å². The second kappa shape index (κ2) is 5.29. The monoisotopic (exact) mass is 289 g/mol. The van der Waals surface area contributed by atoms with Gasteiger partial charge in [0.2, 0.25) is 0 Å². The zero-order chi connectivity index (χ0) is 14.0. The van der Waals surface area contributed by atoms with Crippen LogP contribution in [0.5, 0.6) is 0 Å². The van der Waals surface area contributed by atoms with E-state index < -0.39 is 0 Å². The molecule has 0 unspecified atom stereocenters. The number of hydrogen-bond donors (Lipinski definition) is 2. The second-order valence-electron chi connectivity index (χ2n) is 5.29. The molecule has 2 aromatic rings. The third kappa shape index (κ3) is 2.43. The number of halogens is 1. The van der Waals surface area contributed by atoms with E-state index in [1.807, 2.05) is 18.2 Å². The number of aromatic nitrogens is 2. The standard InChI is InChI=1S/C15H16ClN3O/c16-12-4-1-3-11(7-12)15(5-2-6-15)9-18-14(20)13-8-17-10-19-13/h1,3-4,7-8,10H,2,5-6,9H2,(H,17,19)(H,18,20). The molecule has 1 aliphatic rings. The Morgan fingerprint density at radius 3 is 2.90 bits per heavy atom. The van der Waals surface area contributed by atoms with Crippen LogP contribution in [0, 0.1) is 0 Å². The number of H-pyrrole nitrogens is 1. The number of rotatable bonds is 4. The smallest absolute Gasteiger partial charge is 0.269 e. The molecule has 1 saturated carbocycles. The maximum Gasteiger partial charge on any atom is 0.269 e. The van der Waals surface area contributed by atoms with E-state index in [4.69, 9.17) is 11.6 Å². The van der Waals surface area contributed by atoms with Crippen LogP contribution in [0.3, 0.4) is 0 Å². The minimum atomic E-state index is -0.115. The maximum atomic E-state index is 12.0. The lowest BCUT2D eigenvalue weighted by Gasteiger charge is -2.42. The normalized spacial score (nSPS) is 16.4. The fourth-order valence-electron chi connectivity index (χ4n) is 2.71. The van der Waals surface area contributed by atoms with E-state index in [2.05, 4.69) is 21.4 Å². The van der Waals surface area contributed by atoms with E-state index in [9.17, 15) is 4.79 Å². The summed E-state index contributed by atoms with van der Waals surface area (Å²) in [7, 11) is 0. The Morgan fingerprint density at radius 2 is 2.30 bits per heavy atom. The molecule has 3 rings (SSSR count). The topological polar surface area (TPSA) is 57.8 Å². The highest BCUT2D eigenvalue weighted by molar-refractivity contribution is 6.30. The van der Waals surface area contributed by atoms with E-state index in [0.717, 1.165) is 17.9 Å². The first-order valence-corrected chi connectivity index (χ1v) is 7.10. The fraction of sp³-hybridized carbons (Fsp3) is 0.333. The van der Waals surface area contributed by atoms with E-state index >= 15 is 0 Å². The van der Waals surface area contributed by atoms with Gasteiger partial charge in [-0.3, -0.25) is 4.79 Å². The molecule has 0 radical (unpaired) electrons. The van der Waals surface area contributed by atoms with Gasteiger partial charge in [-0.05, 0) is 30.5 Å². The highest BCUT2D eigenvalue weighted by Gasteiger charge is 2.39. The molecule has 0 atom stereocenters. The second-order valence-corrected chi connectivity index (χ2v) is 5.73. The van der Waals surface area contributed by atoms with Crippen LogP contribution in [0.1, 0.15) is 35.3 Å². The van der Waals surface area contributed by atoms with Gasteiger partial charge in [0.15, 0.2) is 0 Å². The van der Waals surface area contributed by atoms with Crippen molar-refractivity contribution in [1.29, 1.82) is 0 Å². The van der Waals surface area contributed by atoms with Crippen molar-refractivity contribution in [3.05, 3.63) is 53.1 Å². The summed E-state index contributed by atoms with van der Waals surface area (Å²) in [6.07, 6.45) is 6.38. The largest absolute Gasteiger partial charge is 0.350 e. The van der Waals surface area contributed by atoms with Crippen molar-refractivity contribution in [2.75, 3.05) is 6.54 Å².